The van der Waals surface area contributed by atoms with E-state index in [1.165, 1.54) is 0 Å². The number of hydrogen-bond donors (Lipinski definition) is 2. The molecule has 3 aromatic rings. The molecule has 0 amide bonds. The van der Waals surface area contributed by atoms with Crippen molar-refractivity contribution in [3.8, 4) is 0 Å². The molecule has 2 aromatic heterocycles. The fourth-order valence-corrected chi connectivity index (χ4v) is 2.98. The Morgan fingerprint density at radius 2 is 1.90 bits per heavy atom. The second-order valence-corrected chi connectivity index (χ2v) is 5.77. The summed E-state index contributed by atoms with van der Waals surface area (Å²) in [5.41, 5.74) is 3.84. The van der Waals surface area contributed by atoms with Crippen molar-refractivity contribution in [2.24, 2.45) is 0 Å². The first-order valence-electron chi connectivity index (χ1n) is 5.95. The van der Waals surface area contributed by atoms with Crippen LogP contribution >= 0.6 is 27.5 Å². The molecule has 20 heavy (non-hydrogen) atoms. The van der Waals surface area contributed by atoms with E-state index in [1.54, 1.807) is 6.20 Å². The summed E-state index contributed by atoms with van der Waals surface area (Å²) in [7, 11) is 0. The number of aromatic nitrogens is 4. The molecule has 0 atom stereocenters. The number of anilines is 2. The van der Waals surface area contributed by atoms with Gasteiger partial charge < -0.3 is 5.32 Å². The molecule has 0 spiro atoms. The lowest BCUT2D eigenvalue weighted by atomic mass is 10.1. The van der Waals surface area contributed by atoms with Gasteiger partial charge in [0.25, 0.3) is 0 Å². The predicted molar refractivity (Wildman–Crippen MR) is 83.6 cm³/mol. The third-order valence-electron chi connectivity index (χ3n) is 3.02. The number of rotatable bonds is 2. The third-order valence-corrected chi connectivity index (χ3v) is 3.65. The SMILES string of the molecule is Cc1cc(Br)cc(C)c1Nc1nc(Cl)nc2[nH]ncc12. The maximum absolute atomic E-state index is 5.93. The molecule has 1 aromatic carbocycles. The minimum absolute atomic E-state index is 0.177. The van der Waals surface area contributed by atoms with Crippen molar-refractivity contribution in [2.75, 3.05) is 5.32 Å². The zero-order chi connectivity index (χ0) is 14.3. The molecule has 2 N–H and O–H groups in total. The van der Waals surface area contributed by atoms with Crippen molar-refractivity contribution in [1.82, 2.24) is 20.2 Å². The van der Waals surface area contributed by atoms with E-state index in [0.29, 0.717) is 11.5 Å². The van der Waals surface area contributed by atoms with Gasteiger partial charge in [-0.15, -0.1) is 0 Å². The van der Waals surface area contributed by atoms with E-state index in [2.05, 4.69) is 41.4 Å². The predicted octanol–water partition coefficient (Wildman–Crippen LogP) is 4.13. The molecule has 0 saturated heterocycles. The molecule has 0 aliphatic carbocycles. The highest BCUT2D eigenvalue weighted by Gasteiger charge is 2.11. The van der Waals surface area contributed by atoms with E-state index >= 15 is 0 Å². The van der Waals surface area contributed by atoms with Crippen molar-refractivity contribution < 1.29 is 0 Å². The normalized spacial score (nSPS) is 11.0. The Kier molecular flexibility index (Phi) is 3.35. The summed E-state index contributed by atoms with van der Waals surface area (Å²) in [6.07, 6.45) is 1.68. The van der Waals surface area contributed by atoms with E-state index in [1.807, 2.05) is 26.0 Å². The highest BCUT2D eigenvalue weighted by molar-refractivity contribution is 9.10. The van der Waals surface area contributed by atoms with Crippen molar-refractivity contribution >= 4 is 50.1 Å². The Labute approximate surface area is 128 Å². The van der Waals surface area contributed by atoms with Gasteiger partial charge in [-0.2, -0.15) is 15.1 Å². The van der Waals surface area contributed by atoms with Crippen LogP contribution in [0.1, 0.15) is 11.1 Å². The summed E-state index contributed by atoms with van der Waals surface area (Å²) in [6.45, 7) is 4.07. The van der Waals surface area contributed by atoms with Crippen molar-refractivity contribution in [3.63, 3.8) is 0 Å². The highest BCUT2D eigenvalue weighted by atomic mass is 79.9. The molecular weight excluding hydrogens is 342 g/mol. The summed E-state index contributed by atoms with van der Waals surface area (Å²) in [5, 5.41) is 11.1. The zero-order valence-electron chi connectivity index (χ0n) is 10.8. The van der Waals surface area contributed by atoms with Crippen molar-refractivity contribution in [3.05, 3.63) is 39.2 Å². The minimum Gasteiger partial charge on any atom is -0.339 e. The molecule has 0 radical (unpaired) electrons. The fraction of sp³-hybridized carbons (Fsp3) is 0.154. The summed E-state index contributed by atoms with van der Waals surface area (Å²) < 4.78 is 1.05. The van der Waals surface area contributed by atoms with Crippen LogP contribution in [0.15, 0.2) is 22.8 Å². The van der Waals surface area contributed by atoms with Gasteiger partial charge in [-0.3, -0.25) is 5.10 Å². The van der Waals surface area contributed by atoms with Gasteiger partial charge in [0, 0.05) is 10.2 Å². The number of fused-ring (bicyclic) bond motifs is 1. The van der Waals surface area contributed by atoms with Crippen molar-refractivity contribution in [1.29, 1.82) is 0 Å². The van der Waals surface area contributed by atoms with Gasteiger partial charge in [0.2, 0.25) is 5.28 Å². The average Bonchev–Trinajstić information content (AvgIpc) is 2.81. The topological polar surface area (TPSA) is 66.5 Å². The maximum Gasteiger partial charge on any atom is 0.226 e. The van der Waals surface area contributed by atoms with E-state index in [-0.39, 0.29) is 5.28 Å². The Morgan fingerprint density at radius 3 is 2.60 bits per heavy atom. The van der Waals surface area contributed by atoms with Gasteiger partial charge in [-0.1, -0.05) is 15.9 Å². The maximum atomic E-state index is 5.93. The molecule has 0 unspecified atom stereocenters. The van der Waals surface area contributed by atoms with E-state index in [0.717, 1.165) is 26.7 Å². The zero-order valence-corrected chi connectivity index (χ0v) is 13.2. The van der Waals surface area contributed by atoms with Crippen LogP contribution in [0.5, 0.6) is 0 Å². The molecule has 0 bridgehead atoms. The van der Waals surface area contributed by atoms with Gasteiger partial charge in [0.05, 0.1) is 11.6 Å². The van der Waals surface area contributed by atoms with E-state index in [9.17, 15) is 0 Å². The molecule has 3 rings (SSSR count). The summed E-state index contributed by atoms with van der Waals surface area (Å²) in [6, 6.07) is 4.09. The molecule has 102 valence electrons. The molecule has 0 fully saturated rings. The largest absolute Gasteiger partial charge is 0.339 e. The Bertz CT molecular complexity index is 776. The quantitative estimate of drug-likeness (QED) is 0.681. The molecule has 0 aliphatic heterocycles. The fourth-order valence-electron chi connectivity index (χ4n) is 2.13. The smallest absolute Gasteiger partial charge is 0.226 e. The van der Waals surface area contributed by atoms with Gasteiger partial charge in [0.15, 0.2) is 5.65 Å². The molecule has 5 nitrogen and oxygen atoms in total. The average molecular weight is 353 g/mol. The number of nitrogens with one attached hydrogen (secondary N) is 2. The van der Waals surface area contributed by atoms with Crippen LogP contribution in [0.3, 0.4) is 0 Å². The first-order valence-corrected chi connectivity index (χ1v) is 7.12. The van der Waals surface area contributed by atoms with Gasteiger partial charge in [-0.05, 0) is 48.7 Å². The number of halogens is 2. The number of nitrogens with zero attached hydrogens (tertiary/aromatic N) is 3. The number of H-pyrrole nitrogens is 1. The molecular formula is C13H11BrClN5. The van der Waals surface area contributed by atoms with Crippen LogP contribution in [0.4, 0.5) is 11.5 Å². The van der Waals surface area contributed by atoms with Gasteiger partial charge >= 0.3 is 0 Å². The van der Waals surface area contributed by atoms with E-state index < -0.39 is 0 Å². The van der Waals surface area contributed by atoms with Crippen molar-refractivity contribution in [2.45, 2.75) is 13.8 Å². The second-order valence-electron chi connectivity index (χ2n) is 4.51. The van der Waals surface area contributed by atoms with Crippen LogP contribution in [-0.2, 0) is 0 Å². The third kappa shape index (κ3) is 2.36. The number of aromatic amines is 1. The van der Waals surface area contributed by atoms with Crippen LogP contribution < -0.4 is 5.32 Å². The second kappa shape index (κ2) is 5.03. The number of hydrogen-bond acceptors (Lipinski definition) is 4. The lowest BCUT2D eigenvalue weighted by Crippen LogP contribution is -2.00. The number of benzene rings is 1. The van der Waals surface area contributed by atoms with Gasteiger partial charge in [0.1, 0.15) is 5.82 Å². The molecule has 0 aliphatic rings. The van der Waals surface area contributed by atoms with Crippen LogP contribution in [-0.4, -0.2) is 20.2 Å². The summed E-state index contributed by atoms with van der Waals surface area (Å²) in [4.78, 5) is 8.33. The molecule has 2 heterocycles. The van der Waals surface area contributed by atoms with E-state index in [4.69, 9.17) is 11.6 Å². The summed E-state index contributed by atoms with van der Waals surface area (Å²) >= 11 is 9.42. The standard InChI is InChI=1S/C13H11BrClN5/c1-6-3-8(14)4-7(2)10(6)17-11-9-5-16-20-12(9)19-13(15)18-11/h3-5H,1-2H3,(H2,16,17,18,19,20). The molecule has 7 heteroatoms. The summed E-state index contributed by atoms with van der Waals surface area (Å²) in [5.74, 6) is 0.641. The molecule has 0 saturated carbocycles. The Balaban J connectivity index is 2.12. The van der Waals surface area contributed by atoms with Crippen LogP contribution in [0.25, 0.3) is 11.0 Å². The lowest BCUT2D eigenvalue weighted by molar-refractivity contribution is 1.09. The first kappa shape index (κ1) is 13.3. The first-order chi connectivity index (χ1) is 9.54. The monoisotopic (exact) mass is 351 g/mol. The number of aryl methyl sites for hydroxylation is 2. The van der Waals surface area contributed by atoms with Crippen LogP contribution in [0, 0.1) is 13.8 Å². The lowest BCUT2D eigenvalue weighted by Gasteiger charge is -2.13. The van der Waals surface area contributed by atoms with Crippen LogP contribution in [0.2, 0.25) is 5.28 Å². The highest BCUT2D eigenvalue weighted by Crippen LogP contribution is 2.30. The van der Waals surface area contributed by atoms with Gasteiger partial charge in [-0.25, -0.2) is 0 Å². The Morgan fingerprint density at radius 1 is 1.20 bits per heavy atom. The minimum atomic E-state index is 0.177. The Hall–Kier alpha value is -1.66.